The number of nitrogens with zero attached hydrogens (tertiary/aromatic N) is 1. The Morgan fingerprint density at radius 3 is 2.61 bits per heavy atom. The highest BCUT2D eigenvalue weighted by Gasteiger charge is 2.35. The summed E-state index contributed by atoms with van der Waals surface area (Å²) < 4.78 is 6.02. The Morgan fingerprint density at radius 2 is 1.90 bits per heavy atom. The van der Waals surface area contributed by atoms with Gasteiger partial charge in [-0.3, -0.25) is 9.69 Å². The lowest BCUT2D eigenvalue weighted by Gasteiger charge is -2.44. The van der Waals surface area contributed by atoms with Crippen molar-refractivity contribution in [3.8, 4) is 0 Å². The summed E-state index contributed by atoms with van der Waals surface area (Å²) in [4.78, 5) is 15.4. The van der Waals surface area contributed by atoms with Crippen LogP contribution in [0.4, 0.5) is 0 Å². The molecule has 2 aromatic rings. The predicted octanol–water partition coefficient (Wildman–Crippen LogP) is 5.78. The first kappa shape index (κ1) is 22.6. The van der Waals surface area contributed by atoms with Gasteiger partial charge in [-0.05, 0) is 61.3 Å². The lowest BCUT2D eigenvalue weighted by Crippen LogP contribution is -2.57. The monoisotopic (exact) mass is 460 g/mol. The van der Waals surface area contributed by atoms with E-state index in [9.17, 15) is 4.79 Å². The number of amides is 1. The highest BCUT2D eigenvalue weighted by atomic mass is 35.5. The molecule has 0 spiro atoms. The fourth-order valence-electron chi connectivity index (χ4n) is 4.55. The van der Waals surface area contributed by atoms with Crippen LogP contribution < -0.4 is 5.32 Å². The predicted molar refractivity (Wildman–Crippen MR) is 125 cm³/mol. The summed E-state index contributed by atoms with van der Waals surface area (Å²) in [6.45, 7) is 3.35. The topological polar surface area (TPSA) is 41.6 Å². The highest BCUT2D eigenvalue weighted by Crippen LogP contribution is 2.33. The van der Waals surface area contributed by atoms with Gasteiger partial charge in [-0.25, -0.2) is 0 Å². The Hall–Kier alpha value is -1.59. The van der Waals surface area contributed by atoms with Crippen LogP contribution in [0.15, 0.2) is 48.5 Å². The number of carbonyl (C=O) groups is 1. The molecule has 6 heteroatoms. The second kappa shape index (κ2) is 10.8. The van der Waals surface area contributed by atoms with E-state index in [0.717, 1.165) is 39.0 Å². The van der Waals surface area contributed by atoms with Crippen LogP contribution in [0.2, 0.25) is 10.0 Å². The van der Waals surface area contributed by atoms with Gasteiger partial charge in [0.15, 0.2) is 0 Å². The van der Waals surface area contributed by atoms with E-state index in [1.54, 1.807) is 18.2 Å². The van der Waals surface area contributed by atoms with E-state index >= 15 is 0 Å². The molecular weight excluding hydrogens is 431 g/mol. The summed E-state index contributed by atoms with van der Waals surface area (Å²) >= 11 is 12.3. The number of carbonyl (C=O) groups excluding carboxylic acids is 1. The molecule has 166 valence electrons. The minimum Gasteiger partial charge on any atom is -0.376 e. The van der Waals surface area contributed by atoms with Gasteiger partial charge in [0, 0.05) is 18.1 Å². The highest BCUT2D eigenvalue weighted by molar-refractivity contribution is 6.36. The van der Waals surface area contributed by atoms with E-state index in [0.29, 0.717) is 34.1 Å². The van der Waals surface area contributed by atoms with Gasteiger partial charge in [0.05, 0.1) is 30.0 Å². The van der Waals surface area contributed by atoms with Crippen LogP contribution >= 0.6 is 23.2 Å². The molecule has 2 fully saturated rings. The summed E-state index contributed by atoms with van der Waals surface area (Å²) in [6, 6.07) is 15.3. The molecule has 4 nitrogen and oxygen atoms in total. The van der Waals surface area contributed by atoms with Crippen molar-refractivity contribution in [2.45, 2.75) is 44.9 Å². The minimum atomic E-state index is -0.124. The molecule has 2 unspecified atom stereocenters. The first-order valence-electron chi connectivity index (χ1n) is 11.2. The van der Waals surface area contributed by atoms with Gasteiger partial charge in [0.2, 0.25) is 0 Å². The van der Waals surface area contributed by atoms with Crippen molar-refractivity contribution < 1.29 is 9.53 Å². The number of likely N-dealkylation sites (tertiary alicyclic amines) is 1. The fraction of sp³-hybridized carbons (Fsp3) is 0.480. The molecule has 2 aliphatic rings. The Morgan fingerprint density at radius 1 is 1.10 bits per heavy atom. The molecule has 1 saturated heterocycles. The van der Waals surface area contributed by atoms with Crippen LogP contribution in [-0.4, -0.2) is 36.7 Å². The van der Waals surface area contributed by atoms with Crippen molar-refractivity contribution in [2.75, 3.05) is 19.7 Å². The van der Waals surface area contributed by atoms with Crippen LogP contribution in [0.3, 0.4) is 0 Å². The molecule has 1 heterocycles. The quantitative estimate of drug-likeness (QED) is 0.542. The molecule has 2 atom stereocenters. The number of hydrogen-bond acceptors (Lipinski definition) is 3. The van der Waals surface area contributed by atoms with E-state index < -0.39 is 0 Å². The summed E-state index contributed by atoms with van der Waals surface area (Å²) in [7, 11) is 0. The number of nitrogens with one attached hydrogen (secondary N) is 1. The zero-order chi connectivity index (χ0) is 21.6. The summed E-state index contributed by atoms with van der Waals surface area (Å²) in [6.07, 6.45) is 5.89. The SMILES string of the molecule is O=C(NC(C1CCC1)N1CCCC(COCc2ccccc2)C1)c1ccc(Cl)cc1Cl. The van der Waals surface area contributed by atoms with Gasteiger partial charge in [-0.15, -0.1) is 0 Å². The maximum absolute atomic E-state index is 13.0. The van der Waals surface area contributed by atoms with Gasteiger partial charge in [0.25, 0.3) is 5.91 Å². The Kier molecular flexibility index (Phi) is 7.89. The lowest BCUT2D eigenvalue weighted by molar-refractivity contribution is 0.00569. The molecule has 4 rings (SSSR count). The number of ether oxygens (including phenoxy) is 1. The Balaban J connectivity index is 1.36. The Labute approximate surface area is 194 Å². The van der Waals surface area contributed by atoms with Crippen molar-refractivity contribution in [1.29, 1.82) is 0 Å². The van der Waals surface area contributed by atoms with Gasteiger partial charge in [0.1, 0.15) is 0 Å². The standard InChI is InChI=1S/C25H30Cl2N2O2/c26-21-11-12-22(23(27)14-21)25(30)28-24(20-9-4-10-20)29-13-5-8-19(15-29)17-31-16-18-6-2-1-3-7-18/h1-3,6-7,11-12,14,19-20,24H,4-5,8-10,13,15-17H2,(H,28,30). The first-order chi connectivity index (χ1) is 15.1. The van der Waals surface area contributed by atoms with Crippen LogP contribution in [0, 0.1) is 11.8 Å². The summed E-state index contributed by atoms with van der Waals surface area (Å²) in [5.74, 6) is 0.857. The Bertz CT molecular complexity index is 873. The summed E-state index contributed by atoms with van der Waals surface area (Å²) in [5, 5.41) is 4.21. The maximum Gasteiger partial charge on any atom is 0.254 e. The normalized spacial score (nSPS) is 20.8. The molecular formula is C25H30Cl2N2O2. The molecule has 1 aliphatic heterocycles. The van der Waals surface area contributed by atoms with Crippen LogP contribution in [0.1, 0.15) is 48.0 Å². The average molecular weight is 461 g/mol. The lowest BCUT2D eigenvalue weighted by atomic mass is 9.81. The molecule has 31 heavy (non-hydrogen) atoms. The molecule has 1 saturated carbocycles. The van der Waals surface area contributed by atoms with Crippen molar-refractivity contribution in [2.24, 2.45) is 11.8 Å². The molecule has 1 amide bonds. The fourth-order valence-corrected chi connectivity index (χ4v) is 5.05. The van der Waals surface area contributed by atoms with E-state index in [2.05, 4.69) is 22.3 Å². The number of halogens is 2. The molecule has 0 radical (unpaired) electrons. The smallest absolute Gasteiger partial charge is 0.254 e. The molecule has 2 aromatic carbocycles. The van der Waals surface area contributed by atoms with Crippen LogP contribution in [0.5, 0.6) is 0 Å². The van der Waals surface area contributed by atoms with E-state index in [1.165, 1.54) is 18.4 Å². The van der Waals surface area contributed by atoms with Crippen molar-refractivity contribution in [1.82, 2.24) is 10.2 Å². The number of benzene rings is 2. The molecule has 1 aliphatic carbocycles. The van der Waals surface area contributed by atoms with Crippen molar-refractivity contribution in [3.63, 3.8) is 0 Å². The third-order valence-electron chi connectivity index (χ3n) is 6.46. The second-order valence-electron chi connectivity index (χ2n) is 8.74. The molecule has 0 aromatic heterocycles. The van der Waals surface area contributed by atoms with Gasteiger partial charge in [-0.1, -0.05) is 60.0 Å². The van der Waals surface area contributed by atoms with E-state index in [4.69, 9.17) is 27.9 Å². The average Bonchev–Trinajstić information content (AvgIpc) is 2.73. The number of piperidine rings is 1. The van der Waals surface area contributed by atoms with E-state index in [-0.39, 0.29) is 12.1 Å². The van der Waals surface area contributed by atoms with Crippen LogP contribution in [-0.2, 0) is 11.3 Å². The molecule has 1 N–H and O–H groups in total. The van der Waals surface area contributed by atoms with Crippen LogP contribution in [0.25, 0.3) is 0 Å². The maximum atomic E-state index is 13.0. The first-order valence-corrected chi connectivity index (χ1v) is 12.0. The summed E-state index contributed by atoms with van der Waals surface area (Å²) in [5.41, 5.74) is 1.68. The zero-order valence-corrected chi connectivity index (χ0v) is 19.2. The van der Waals surface area contributed by atoms with Crippen molar-refractivity contribution >= 4 is 29.1 Å². The number of rotatable bonds is 8. The zero-order valence-electron chi connectivity index (χ0n) is 17.7. The third-order valence-corrected chi connectivity index (χ3v) is 7.01. The minimum absolute atomic E-state index is 0.0462. The van der Waals surface area contributed by atoms with Gasteiger partial charge >= 0.3 is 0 Å². The van der Waals surface area contributed by atoms with E-state index in [1.807, 2.05) is 18.2 Å². The number of hydrogen-bond donors (Lipinski definition) is 1. The molecule has 0 bridgehead atoms. The van der Waals surface area contributed by atoms with Gasteiger partial charge in [-0.2, -0.15) is 0 Å². The largest absolute Gasteiger partial charge is 0.376 e. The van der Waals surface area contributed by atoms with Gasteiger partial charge < -0.3 is 10.1 Å². The van der Waals surface area contributed by atoms with Crippen molar-refractivity contribution in [3.05, 3.63) is 69.7 Å². The second-order valence-corrected chi connectivity index (χ2v) is 9.58. The third kappa shape index (κ3) is 6.01.